The Bertz CT molecular complexity index is 1130. The summed E-state index contributed by atoms with van der Waals surface area (Å²) in [4.78, 5) is 31.3. The van der Waals surface area contributed by atoms with Gasteiger partial charge in [0.25, 0.3) is 5.91 Å². The zero-order valence-corrected chi connectivity index (χ0v) is 17.8. The molecule has 0 fully saturated rings. The number of nitrogens with one attached hydrogen (secondary N) is 1. The van der Waals surface area contributed by atoms with Crippen molar-refractivity contribution in [3.05, 3.63) is 65.6 Å². The number of benzene rings is 2. The number of amides is 2. The number of aromatic nitrogens is 2. The number of carbonyl (C=O) groups is 2. The van der Waals surface area contributed by atoms with E-state index >= 15 is 0 Å². The summed E-state index contributed by atoms with van der Waals surface area (Å²) in [6, 6.07) is 12.7. The van der Waals surface area contributed by atoms with E-state index in [1.807, 2.05) is 30.3 Å². The van der Waals surface area contributed by atoms with E-state index in [0.29, 0.717) is 11.1 Å². The molecule has 2 atom stereocenters. The molecule has 0 aliphatic carbocycles. The average molecular weight is 441 g/mol. The summed E-state index contributed by atoms with van der Waals surface area (Å²) in [5, 5.41) is 3.31. The highest BCUT2D eigenvalue weighted by Gasteiger charge is 2.18. The minimum atomic E-state index is -0.826. The Morgan fingerprint density at radius 3 is 2.52 bits per heavy atom. The maximum Gasteiger partial charge on any atom is 0.267 e. The fourth-order valence-corrected chi connectivity index (χ4v) is 3.00. The number of hydrogen-bond acceptors (Lipinski definition) is 6. The molecular weight excluding hydrogens is 420 g/mol. The lowest BCUT2D eigenvalue weighted by Gasteiger charge is -2.14. The minimum absolute atomic E-state index is 0.0370. The Labute approximate surface area is 180 Å². The van der Waals surface area contributed by atoms with E-state index in [2.05, 4.69) is 24.5 Å². The van der Waals surface area contributed by atoms with Gasteiger partial charge in [-0.2, -0.15) is 0 Å². The molecule has 0 saturated carbocycles. The molecule has 8 nitrogen and oxygen atoms in total. The van der Waals surface area contributed by atoms with Crippen LogP contribution < -0.4 is 26.8 Å². The molecule has 10 heteroatoms. The molecule has 2 unspecified atom stereocenters. The van der Waals surface area contributed by atoms with Gasteiger partial charge in [-0.15, -0.1) is 9.24 Å². The van der Waals surface area contributed by atoms with Crippen LogP contribution in [0.25, 0.3) is 11.4 Å². The van der Waals surface area contributed by atoms with Crippen molar-refractivity contribution in [3.8, 4) is 17.1 Å². The highest BCUT2D eigenvalue weighted by atomic mass is 31.0. The van der Waals surface area contributed by atoms with Crippen LogP contribution in [-0.4, -0.2) is 27.8 Å². The maximum atomic E-state index is 14.9. The van der Waals surface area contributed by atoms with E-state index < -0.39 is 23.7 Å². The van der Waals surface area contributed by atoms with Crippen LogP contribution in [0.3, 0.4) is 0 Å². The van der Waals surface area contributed by atoms with Crippen LogP contribution in [0.1, 0.15) is 23.0 Å². The molecule has 1 aromatic heterocycles. The molecule has 1 heterocycles. The molecule has 160 valence electrons. The van der Waals surface area contributed by atoms with E-state index in [9.17, 15) is 14.0 Å². The second-order valence-electron chi connectivity index (χ2n) is 6.74. The predicted octanol–water partition coefficient (Wildman–Crippen LogP) is 1.75. The van der Waals surface area contributed by atoms with Gasteiger partial charge in [-0.1, -0.05) is 30.3 Å². The number of carbonyl (C=O) groups excluding carboxylic acids is 2. The summed E-state index contributed by atoms with van der Waals surface area (Å²) in [6.45, 7) is 1.79. The smallest absolute Gasteiger partial charge is 0.267 e. The number of primary amides is 2. The monoisotopic (exact) mass is 441 g/mol. The first kappa shape index (κ1) is 22.1. The van der Waals surface area contributed by atoms with Crippen LogP contribution in [0.15, 0.2) is 48.5 Å². The van der Waals surface area contributed by atoms with Gasteiger partial charge in [0.15, 0.2) is 5.82 Å². The van der Waals surface area contributed by atoms with Crippen LogP contribution >= 0.6 is 9.24 Å². The number of ether oxygens (including phenoxy) is 1. The molecule has 2 aromatic carbocycles. The van der Waals surface area contributed by atoms with Crippen molar-refractivity contribution in [1.82, 2.24) is 9.97 Å². The van der Waals surface area contributed by atoms with Crippen molar-refractivity contribution in [2.24, 2.45) is 11.5 Å². The van der Waals surface area contributed by atoms with Crippen molar-refractivity contribution < 1.29 is 18.7 Å². The standard InChI is InChI=1S/C21H21FN5O3P/c1-11(19(23)28)25-18-9-15(20(24)29)26-21(27-18)13-7-17(31)16(8-14(13)22)30-10-12-5-3-2-4-6-12/h2-9,11H,10,31H2,1H3,(H2,23,28)(H2,24,29)(H,25,26,27). The van der Waals surface area contributed by atoms with Gasteiger partial charge in [-0.05, 0) is 18.6 Å². The fraction of sp³-hybridized carbons (Fsp3) is 0.143. The van der Waals surface area contributed by atoms with E-state index in [1.165, 1.54) is 25.1 Å². The number of anilines is 1. The maximum absolute atomic E-state index is 14.9. The highest BCUT2D eigenvalue weighted by molar-refractivity contribution is 7.27. The summed E-state index contributed by atoms with van der Waals surface area (Å²) in [5.74, 6) is -1.73. The summed E-state index contributed by atoms with van der Waals surface area (Å²) in [7, 11) is 2.47. The van der Waals surface area contributed by atoms with Crippen molar-refractivity contribution >= 4 is 32.2 Å². The molecule has 0 spiro atoms. The number of rotatable bonds is 8. The van der Waals surface area contributed by atoms with Gasteiger partial charge in [0.05, 0.1) is 5.56 Å². The topological polar surface area (TPSA) is 133 Å². The van der Waals surface area contributed by atoms with Crippen LogP contribution in [0.5, 0.6) is 5.75 Å². The Morgan fingerprint density at radius 2 is 1.87 bits per heavy atom. The van der Waals surface area contributed by atoms with Crippen LogP contribution in [0.4, 0.5) is 10.2 Å². The highest BCUT2D eigenvalue weighted by Crippen LogP contribution is 2.26. The van der Waals surface area contributed by atoms with Gasteiger partial charge < -0.3 is 21.5 Å². The molecule has 0 aliphatic heterocycles. The Hall–Kier alpha value is -3.58. The van der Waals surface area contributed by atoms with Gasteiger partial charge in [-0.25, -0.2) is 14.4 Å². The Balaban J connectivity index is 1.94. The van der Waals surface area contributed by atoms with E-state index in [0.717, 1.165) is 5.56 Å². The Kier molecular flexibility index (Phi) is 6.77. The third-order valence-corrected chi connectivity index (χ3v) is 4.80. The third kappa shape index (κ3) is 5.52. The molecule has 0 radical (unpaired) electrons. The first-order chi connectivity index (χ1) is 14.7. The summed E-state index contributed by atoms with van der Waals surface area (Å²) >= 11 is 0. The largest absolute Gasteiger partial charge is 0.488 e. The first-order valence-electron chi connectivity index (χ1n) is 9.25. The minimum Gasteiger partial charge on any atom is -0.488 e. The quantitative estimate of drug-likeness (QED) is 0.456. The molecule has 0 saturated heterocycles. The first-order valence-corrected chi connectivity index (χ1v) is 9.83. The summed E-state index contributed by atoms with van der Waals surface area (Å²) in [6.07, 6.45) is 0. The van der Waals surface area contributed by atoms with Crippen LogP contribution in [-0.2, 0) is 11.4 Å². The lowest BCUT2D eigenvalue weighted by atomic mass is 10.1. The zero-order valence-electron chi connectivity index (χ0n) is 16.6. The third-order valence-electron chi connectivity index (χ3n) is 4.35. The van der Waals surface area contributed by atoms with E-state index in [1.54, 1.807) is 0 Å². The molecule has 3 rings (SSSR count). The Morgan fingerprint density at radius 1 is 1.16 bits per heavy atom. The van der Waals surface area contributed by atoms with Crippen LogP contribution in [0, 0.1) is 5.82 Å². The lowest BCUT2D eigenvalue weighted by molar-refractivity contribution is -0.118. The molecule has 0 bridgehead atoms. The van der Waals surface area contributed by atoms with Crippen molar-refractivity contribution in [2.45, 2.75) is 19.6 Å². The summed E-state index contributed by atoms with van der Waals surface area (Å²) in [5.41, 5.74) is 11.4. The van der Waals surface area contributed by atoms with Gasteiger partial charge in [0, 0.05) is 17.4 Å². The number of hydrogen-bond donors (Lipinski definition) is 3. The number of nitrogens with two attached hydrogens (primary N) is 2. The second-order valence-corrected chi connectivity index (χ2v) is 7.36. The zero-order chi connectivity index (χ0) is 22.5. The molecule has 2 amide bonds. The van der Waals surface area contributed by atoms with Crippen LogP contribution in [0.2, 0.25) is 0 Å². The van der Waals surface area contributed by atoms with Gasteiger partial charge in [-0.3, -0.25) is 9.59 Å². The van der Waals surface area contributed by atoms with Crippen molar-refractivity contribution in [1.29, 1.82) is 0 Å². The van der Waals surface area contributed by atoms with E-state index in [4.69, 9.17) is 16.2 Å². The lowest BCUT2D eigenvalue weighted by Crippen LogP contribution is -2.33. The molecule has 3 aromatic rings. The molecule has 5 N–H and O–H groups in total. The van der Waals surface area contributed by atoms with Gasteiger partial charge in [0.2, 0.25) is 5.91 Å². The molecular formula is C21H21FN5O3P. The summed E-state index contributed by atoms with van der Waals surface area (Å²) < 4.78 is 20.6. The SMILES string of the molecule is CC(Nc1cc(C(N)=O)nc(-c2cc(P)c(OCc3ccccc3)cc2F)n1)C(N)=O. The average Bonchev–Trinajstić information content (AvgIpc) is 2.74. The predicted molar refractivity (Wildman–Crippen MR) is 118 cm³/mol. The normalized spacial score (nSPS) is 11.6. The van der Waals surface area contributed by atoms with Crippen molar-refractivity contribution in [3.63, 3.8) is 0 Å². The molecule has 31 heavy (non-hydrogen) atoms. The van der Waals surface area contributed by atoms with Gasteiger partial charge >= 0.3 is 0 Å². The van der Waals surface area contributed by atoms with Crippen molar-refractivity contribution in [2.75, 3.05) is 5.32 Å². The second kappa shape index (κ2) is 9.49. The number of halogens is 1. The van der Waals surface area contributed by atoms with Gasteiger partial charge in [0.1, 0.15) is 35.7 Å². The molecule has 0 aliphatic rings. The fourth-order valence-electron chi connectivity index (χ4n) is 2.66. The number of nitrogens with zero attached hydrogens (tertiary/aromatic N) is 2. The van der Waals surface area contributed by atoms with E-state index in [-0.39, 0.29) is 29.5 Å².